The summed E-state index contributed by atoms with van der Waals surface area (Å²) in [5.41, 5.74) is 3.58. The summed E-state index contributed by atoms with van der Waals surface area (Å²) in [4.78, 5) is 15.4. The first kappa shape index (κ1) is 21.7. The van der Waals surface area contributed by atoms with Gasteiger partial charge in [-0.15, -0.1) is 0 Å². The van der Waals surface area contributed by atoms with Crippen molar-refractivity contribution in [3.05, 3.63) is 59.7 Å². The highest BCUT2D eigenvalue weighted by atomic mass is 19.3. The van der Waals surface area contributed by atoms with Gasteiger partial charge in [0, 0.05) is 36.1 Å². The third-order valence-electron chi connectivity index (χ3n) is 6.69. The minimum atomic E-state index is -2.56. The number of benzene rings is 2. The van der Waals surface area contributed by atoms with Gasteiger partial charge in [0.1, 0.15) is 0 Å². The maximum atomic E-state index is 13.5. The van der Waals surface area contributed by atoms with Crippen LogP contribution in [0.15, 0.2) is 53.1 Å². The third-order valence-corrected chi connectivity index (χ3v) is 6.69. The summed E-state index contributed by atoms with van der Waals surface area (Å²) < 4.78 is 32.4. The first-order chi connectivity index (χ1) is 15.9. The van der Waals surface area contributed by atoms with Crippen molar-refractivity contribution < 1.29 is 23.2 Å². The Labute approximate surface area is 190 Å². The lowest BCUT2D eigenvalue weighted by Gasteiger charge is -2.13. The van der Waals surface area contributed by atoms with E-state index in [4.69, 9.17) is 9.63 Å². The smallest absolute Gasteiger partial charge is 0.304 e. The van der Waals surface area contributed by atoms with Crippen LogP contribution in [0.4, 0.5) is 8.78 Å². The number of nitrogens with one attached hydrogen (secondary N) is 1. The number of carbonyl (C=O) groups is 1. The van der Waals surface area contributed by atoms with Gasteiger partial charge in [-0.25, -0.2) is 8.78 Å². The zero-order chi connectivity index (χ0) is 23.0. The fraction of sp³-hybridized carbons (Fsp3) is 0.400. The molecule has 3 atom stereocenters. The molecular formula is C25H25F2N3O3. The van der Waals surface area contributed by atoms with E-state index in [0.29, 0.717) is 18.1 Å². The van der Waals surface area contributed by atoms with Crippen molar-refractivity contribution in [2.24, 2.45) is 0 Å². The third kappa shape index (κ3) is 4.80. The Morgan fingerprint density at radius 3 is 2.39 bits per heavy atom. The van der Waals surface area contributed by atoms with Crippen molar-refractivity contribution >= 4 is 5.97 Å². The second-order valence-electron chi connectivity index (χ2n) is 9.05. The standard InChI is InChI=1S/C25H25F2N3O3/c26-25(27)12-11-19(14-25)15-1-7-18(8-2-15)24-29-23(30-33-24)17-5-3-16(4-6-17)21-10-9-20(28-21)13-22(31)32/h1-8,19-21,28H,9-14H2,(H,31,32). The normalized spacial score (nSPS) is 24.2. The Hall–Kier alpha value is -3.13. The van der Waals surface area contributed by atoms with Gasteiger partial charge in [0.15, 0.2) is 0 Å². The van der Waals surface area contributed by atoms with E-state index in [2.05, 4.69) is 15.5 Å². The maximum Gasteiger partial charge on any atom is 0.304 e. The van der Waals surface area contributed by atoms with Crippen LogP contribution in [0.2, 0.25) is 0 Å². The predicted molar refractivity (Wildman–Crippen MR) is 118 cm³/mol. The molecule has 2 aliphatic rings. The van der Waals surface area contributed by atoms with Crippen LogP contribution in [0.25, 0.3) is 22.8 Å². The highest BCUT2D eigenvalue weighted by molar-refractivity contribution is 5.67. The molecule has 1 saturated carbocycles. The van der Waals surface area contributed by atoms with Gasteiger partial charge < -0.3 is 14.9 Å². The van der Waals surface area contributed by atoms with E-state index in [9.17, 15) is 13.6 Å². The van der Waals surface area contributed by atoms with E-state index in [1.807, 2.05) is 48.5 Å². The molecule has 0 spiro atoms. The molecule has 6 nitrogen and oxygen atoms in total. The van der Waals surface area contributed by atoms with Gasteiger partial charge >= 0.3 is 5.97 Å². The van der Waals surface area contributed by atoms with Gasteiger partial charge in [0.05, 0.1) is 6.42 Å². The first-order valence-corrected chi connectivity index (χ1v) is 11.3. The molecule has 1 aliphatic heterocycles. The molecule has 2 N–H and O–H groups in total. The zero-order valence-electron chi connectivity index (χ0n) is 18.0. The van der Waals surface area contributed by atoms with Crippen molar-refractivity contribution in [3.63, 3.8) is 0 Å². The lowest BCUT2D eigenvalue weighted by Crippen LogP contribution is -2.26. The molecule has 2 fully saturated rings. The number of alkyl halides is 2. The highest BCUT2D eigenvalue weighted by Gasteiger charge is 2.39. The Morgan fingerprint density at radius 2 is 1.73 bits per heavy atom. The van der Waals surface area contributed by atoms with Crippen LogP contribution < -0.4 is 5.32 Å². The quantitative estimate of drug-likeness (QED) is 0.507. The minimum Gasteiger partial charge on any atom is -0.481 e. The molecule has 3 aromatic rings. The molecule has 1 aliphatic carbocycles. The number of rotatable bonds is 6. The molecule has 1 saturated heterocycles. The van der Waals surface area contributed by atoms with Gasteiger partial charge in [0.2, 0.25) is 11.7 Å². The Morgan fingerprint density at radius 1 is 1.03 bits per heavy atom. The summed E-state index contributed by atoms with van der Waals surface area (Å²) in [6, 6.07) is 15.4. The molecule has 0 amide bonds. The van der Waals surface area contributed by atoms with Gasteiger partial charge in [-0.05, 0) is 48.4 Å². The molecule has 172 valence electrons. The molecule has 2 aromatic carbocycles. The molecule has 0 radical (unpaired) electrons. The Bertz CT molecular complexity index is 1130. The minimum absolute atomic E-state index is 0.00323. The SMILES string of the molecule is O=C(O)CC1CCC(c2ccc(-c3noc(-c4ccc(C5CCC(F)(F)C5)cc4)n3)cc2)N1. The summed E-state index contributed by atoms with van der Waals surface area (Å²) in [5.74, 6) is -2.61. The van der Waals surface area contributed by atoms with Gasteiger partial charge in [-0.2, -0.15) is 4.98 Å². The second kappa shape index (κ2) is 8.67. The van der Waals surface area contributed by atoms with Gasteiger partial charge in [0.25, 0.3) is 5.89 Å². The van der Waals surface area contributed by atoms with Gasteiger partial charge in [-0.1, -0.05) is 41.6 Å². The van der Waals surface area contributed by atoms with Crippen LogP contribution in [0.5, 0.6) is 0 Å². The fourth-order valence-electron chi connectivity index (χ4n) is 4.91. The molecule has 5 rings (SSSR count). The van der Waals surface area contributed by atoms with Crippen molar-refractivity contribution in [2.75, 3.05) is 0 Å². The molecular weight excluding hydrogens is 428 g/mol. The van der Waals surface area contributed by atoms with Crippen LogP contribution >= 0.6 is 0 Å². The van der Waals surface area contributed by atoms with E-state index in [1.54, 1.807) is 0 Å². The first-order valence-electron chi connectivity index (χ1n) is 11.3. The van der Waals surface area contributed by atoms with Crippen LogP contribution in [-0.2, 0) is 4.79 Å². The lowest BCUT2D eigenvalue weighted by molar-refractivity contribution is -0.137. The summed E-state index contributed by atoms with van der Waals surface area (Å²) >= 11 is 0. The number of aromatic nitrogens is 2. The second-order valence-corrected chi connectivity index (χ2v) is 9.05. The van der Waals surface area contributed by atoms with E-state index < -0.39 is 11.9 Å². The molecule has 0 bridgehead atoms. The number of nitrogens with zero attached hydrogens (tertiary/aromatic N) is 2. The van der Waals surface area contributed by atoms with Crippen molar-refractivity contribution in [3.8, 4) is 22.8 Å². The Kier molecular flexibility index (Phi) is 5.70. The number of halogens is 2. The lowest BCUT2D eigenvalue weighted by atomic mass is 9.96. The summed E-state index contributed by atoms with van der Waals surface area (Å²) in [7, 11) is 0. The average molecular weight is 453 g/mol. The van der Waals surface area contributed by atoms with Crippen LogP contribution in [0, 0.1) is 0 Å². The van der Waals surface area contributed by atoms with E-state index in [-0.39, 0.29) is 37.3 Å². The average Bonchev–Trinajstić information content (AvgIpc) is 3.54. The zero-order valence-corrected chi connectivity index (χ0v) is 18.0. The number of aliphatic carboxylic acids is 1. The molecule has 1 aromatic heterocycles. The van der Waals surface area contributed by atoms with Crippen LogP contribution in [-0.4, -0.2) is 33.2 Å². The summed E-state index contributed by atoms with van der Waals surface area (Å²) in [6.45, 7) is 0. The van der Waals surface area contributed by atoms with E-state index in [0.717, 1.165) is 35.1 Å². The van der Waals surface area contributed by atoms with Crippen molar-refractivity contribution in [1.82, 2.24) is 15.5 Å². The molecule has 2 heterocycles. The van der Waals surface area contributed by atoms with E-state index >= 15 is 0 Å². The van der Waals surface area contributed by atoms with Crippen molar-refractivity contribution in [2.45, 2.75) is 62.4 Å². The van der Waals surface area contributed by atoms with Crippen LogP contribution in [0.1, 0.15) is 61.6 Å². The maximum absolute atomic E-state index is 13.5. The molecule has 3 unspecified atom stereocenters. The van der Waals surface area contributed by atoms with Crippen molar-refractivity contribution in [1.29, 1.82) is 0 Å². The van der Waals surface area contributed by atoms with Gasteiger partial charge in [-0.3, -0.25) is 4.79 Å². The number of hydrogen-bond acceptors (Lipinski definition) is 5. The molecule has 8 heteroatoms. The number of hydrogen-bond donors (Lipinski definition) is 2. The number of carboxylic acid groups (broad SMARTS) is 1. The highest BCUT2D eigenvalue weighted by Crippen LogP contribution is 2.44. The van der Waals surface area contributed by atoms with Crippen LogP contribution in [0.3, 0.4) is 0 Å². The Balaban J connectivity index is 1.25. The fourth-order valence-corrected chi connectivity index (χ4v) is 4.91. The van der Waals surface area contributed by atoms with E-state index in [1.165, 1.54) is 0 Å². The summed E-state index contributed by atoms with van der Waals surface area (Å²) in [5, 5.41) is 16.4. The topological polar surface area (TPSA) is 88.2 Å². The monoisotopic (exact) mass is 453 g/mol. The molecule has 33 heavy (non-hydrogen) atoms. The summed E-state index contributed by atoms with van der Waals surface area (Å²) in [6.07, 6.45) is 2.24. The predicted octanol–water partition coefficient (Wildman–Crippen LogP) is 5.57. The largest absolute Gasteiger partial charge is 0.481 e. The number of carboxylic acids is 1.